The molecule has 98 valence electrons. The van der Waals surface area contributed by atoms with Crippen molar-refractivity contribution in [3.8, 4) is 0 Å². The summed E-state index contributed by atoms with van der Waals surface area (Å²) in [5, 5.41) is 6.80. The molecule has 0 aromatic carbocycles. The minimum Gasteiger partial charge on any atom is -0.383 e. The average Bonchev–Trinajstić information content (AvgIpc) is 2.61. The highest BCUT2D eigenvalue weighted by Gasteiger charge is 2.06. The zero-order valence-corrected chi connectivity index (χ0v) is 10.9. The summed E-state index contributed by atoms with van der Waals surface area (Å²) < 4.78 is 6.64. The summed E-state index contributed by atoms with van der Waals surface area (Å²) in [4.78, 5) is 11.4. The molecule has 1 aromatic rings. The molecule has 6 nitrogen and oxygen atoms in total. The van der Waals surface area contributed by atoms with Gasteiger partial charge in [-0.15, -0.1) is 12.4 Å². The molecule has 0 bridgehead atoms. The summed E-state index contributed by atoms with van der Waals surface area (Å²) in [6.45, 7) is 3.05. The first-order chi connectivity index (χ1) is 7.61. The molecule has 1 amide bonds. The van der Waals surface area contributed by atoms with E-state index in [9.17, 15) is 4.79 Å². The van der Waals surface area contributed by atoms with Gasteiger partial charge in [-0.25, -0.2) is 0 Å². The molecule has 1 rings (SSSR count). The molecule has 0 spiro atoms. The number of nitrogens with two attached hydrogens (primary N) is 1. The standard InChI is InChI=1S/C10H18N4O2.ClH/c1-8(11)5-10(15)13-9-6-12-14(7-9)3-4-16-2;/h6-8H,3-5,11H2,1-2H3,(H,13,15);1H. The van der Waals surface area contributed by atoms with Gasteiger partial charge in [0.15, 0.2) is 0 Å². The summed E-state index contributed by atoms with van der Waals surface area (Å²) in [6, 6.07) is -0.136. The number of halogens is 1. The lowest BCUT2D eigenvalue weighted by atomic mass is 10.2. The van der Waals surface area contributed by atoms with Gasteiger partial charge >= 0.3 is 0 Å². The lowest BCUT2D eigenvalue weighted by Crippen LogP contribution is -2.23. The monoisotopic (exact) mass is 262 g/mol. The molecule has 0 aliphatic carbocycles. The lowest BCUT2D eigenvalue weighted by Gasteiger charge is -2.04. The van der Waals surface area contributed by atoms with Crippen LogP contribution in [-0.4, -0.2) is 35.4 Å². The molecule has 7 heteroatoms. The molecule has 17 heavy (non-hydrogen) atoms. The van der Waals surface area contributed by atoms with E-state index in [1.165, 1.54) is 0 Å². The van der Waals surface area contributed by atoms with Gasteiger partial charge < -0.3 is 15.8 Å². The Balaban J connectivity index is 0.00000256. The van der Waals surface area contributed by atoms with Crippen molar-refractivity contribution in [3.05, 3.63) is 12.4 Å². The lowest BCUT2D eigenvalue weighted by molar-refractivity contribution is -0.116. The van der Waals surface area contributed by atoms with Gasteiger partial charge in [0, 0.05) is 25.8 Å². The third-order valence-corrected chi connectivity index (χ3v) is 1.95. The molecular formula is C10H19ClN4O2. The number of carbonyl (C=O) groups excluding carboxylic acids is 1. The second-order valence-corrected chi connectivity index (χ2v) is 3.71. The topological polar surface area (TPSA) is 82.2 Å². The molecular weight excluding hydrogens is 244 g/mol. The van der Waals surface area contributed by atoms with Crippen LogP contribution in [0.1, 0.15) is 13.3 Å². The van der Waals surface area contributed by atoms with Gasteiger partial charge in [0.25, 0.3) is 0 Å². The van der Waals surface area contributed by atoms with Crippen LogP contribution in [0.4, 0.5) is 5.69 Å². The Morgan fingerprint density at radius 2 is 2.41 bits per heavy atom. The summed E-state index contributed by atoms with van der Waals surface area (Å²) in [7, 11) is 1.63. The van der Waals surface area contributed by atoms with Gasteiger partial charge in [-0.05, 0) is 6.92 Å². The molecule has 1 unspecified atom stereocenters. The SMILES string of the molecule is COCCn1cc(NC(=O)CC(C)N)cn1.Cl. The Bertz CT molecular complexity index is 341. The van der Waals surface area contributed by atoms with E-state index >= 15 is 0 Å². The van der Waals surface area contributed by atoms with Crippen molar-refractivity contribution in [1.82, 2.24) is 9.78 Å². The number of hydrogen-bond acceptors (Lipinski definition) is 4. The minimum atomic E-state index is -0.136. The predicted octanol–water partition coefficient (Wildman–Crippen LogP) is 0.627. The number of carbonyl (C=O) groups is 1. The summed E-state index contributed by atoms with van der Waals surface area (Å²) in [5.74, 6) is -0.0960. The second kappa shape index (κ2) is 8.05. The largest absolute Gasteiger partial charge is 0.383 e. The number of hydrogen-bond donors (Lipinski definition) is 2. The normalized spacial score (nSPS) is 11.7. The van der Waals surface area contributed by atoms with Crippen molar-refractivity contribution in [3.63, 3.8) is 0 Å². The van der Waals surface area contributed by atoms with Crippen molar-refractivity contribution in [2.75, 3.05) is 19.0 Å². The Morgan fingerprint density at radius 3 is 3.00 bits per heavy atom. The van der Waals surface area contributed by atoms with E-state index in [1.807, 2.05) is 0 Å². The molecule has 0 aliphatic heterocycles. The van der Waals surface area contributed by atoms with E-state index in [-0.39, 0.29) is 24.4 Å². The Kier molecular flexibility index (Phi) is 7.53. The number of methoxy groups -OCH3 is 1. The minimum absolute atomic E-state index is 0. The van der Waals surface area contributed by atoms with Crippen molar-refractivity contribution in [2.24, 2.45) is 5.73 Å². The van der Waals surface area contributed by atoms with E-state index < -0.39 is 0 Å². The summed E-state index contributed by atoms with van der Waals surface area (Å²) in [6.07, 6.45) is 3.68. The first-order valence-corrected chi connectivity index (χ1v) is 5.18. The summed E-state index contributed by atoms with van der Waals surface area (Å²) >= 11 is 0. The van der Waals surface area contributed by atoms with Crippen molar-refractivity contribution in [2.45, 2.75) is 25.9 Å². The highest BCUT2D eigenvalue weighted by atomic mass is 35.5. The third kappa shape index (κ3) is 6.25. The number of nitrogens with one attached hydrogen (secondary N) is 1. The number of amides is 1. The maximum atomic E-state index is 11.4. The molecule has 0 saturated carbocycles. The average molecular weight is 263 g/mol. The van der Waals surface area contributed by atoms with Gasteiger partial charge in [-0.1, -0.05) is 0 Å². The van der Waals surface area contributed by atoms with Gasteiger partial charge in [0.2, 0.25) is 5.91 Å². The molecule has 1 aromatic heterocycles. The van der Waals surface area contributed by atoms with Crippen LogP contribution < -0.4 is 11.1 Å². The third-order valence-electron chi connectivity index (χ3n) is 1.95. The van der Waals surface area contributed by atoms with Crippen LogP contribution in [-0.2, 0) is 16.1 Å². The van der Waals surface area contributed by atoms with Crippen LogP contribution in [0.5, 0.6) is 0 Å². The van der Waals surface area contributed by atoms with Crippen LogP contribution in [0.2, 0.25) is 0 Å². The second-order valence-electron chi connectivity index (χ2n) is 3.71. The molecule has 0 saturated heterocycles. The molecule has 0 radical (unpaired) electrons. The molecule has 1 heterocycles. The van der Waals surface area contributed by atoms with Crippen LogP contribution in [0.15, 0.2) is 12.4 Å². The zero-order chi connectivity index (χ0) is 12.0. The quantitative estimate of drug-likeness (QED) is 0.788. The Morgan fingerprint density at radius 1 is 1.71 bits per heavy atom. The fourth-order valence-electron chi connectivity index (χ4n) is 1.24. The highest BCUT2D eigenvalue weighted by molar-refractivity contribution is 5.90. The van der Waals surface area contributed by atoms with Gasteiger partial charge in [-0.2, -0.15) is 5.10 Å². The van der Waals surface area contributed by atoms with Crippen LogP contribution >= 0.6 is 12.4 Å². The Hall–Kier alpha value is -1.11. The zero-order valence-electron chi connectivity index (χ0n) is 10.0. The van der Waals surface area contributed by atoms with Gasteiger partial charge in [0.1, 0.15) is 0 Å². The van der Waals surface area contributed by atoms with Crippen LogP contribution in [0.3, 0.4) is 0 Å². The fraction of sp³-hybridized carbons (Fsp3) is 0.600. The summed E-state index contributed by atoms with van der Waals surface area (Å²) in [5.41, 5.74) is 6.20. The molecule has 1 atom stereocenters. The predicted molar refractivity (Wildman–Crippen MR) is 68.2 cm³/mol. The number of nitrogens with zero attached hydrogens (tertiary/aromatic N) is 2. The van der Waals surface area contributed by atoms with Crippen molar-refractivity contribution in [1.29, 1.82) is 0 Å². The van der Waals surface area contributed by atoms with E-state index in [0.717, 1.165) is 0 Å². The first kappa shape index (κ1) is 15.9. The van der Waals surface area contributed by atoms with Crippen LogP contribution in [0, 0.1) is 0 Å². The highest BCUT2D eigenvalue weighted by Crippen LogP contribution is 2.05. The smallest absolute Gasteiger partial charge is 0.226 e. The maximum Gasteiger partial charge on any atom is 0.226 e. The van der Waals surface area contributed by atoms with E-state index in [4.69, 9.17) is 10.5 Å². The number of rotatable bonds is 6. The Labute approximate surface area is 107 Å². The molecule has 0 aliphatic rings. The van der Waals surface area contributed by atoms with Gasteiger partial charge in [0.05, 0.1) is 25.0 Å². The van der Waals surface area contributed by atoms with Gasteiger partial charge in [-0.3, -0.25) is 9.48 Å². The number of anilines is 1. The van der Waals surface area contributed by atoms with E-state index in [2.05, 4.69) is 10.4 Å². The molecule has 0 fully saturated rings. The molecule has 3 N–H and O–H groups in total. The van der Waals surface area contributed by atoms with Crippen molar-refractivity contribution < 1.29 is 9.53 Å². The maximum absolute atomic E-state index is 11.4. The van der Waals surface area contributed by atoms with E-state index in [1.54, 1.807) is 31.1 Å². The first-order valence-electron chi connectivity index (χ1n) is 5.18. The number of ether oxygens (including phenoxy) is 1. The van der Waals surface area contributed by atoms with Crippen molar-refractivity contribution >= 4 is 24.0 Å². The van der Waals surface area contributed by atoms with E-state index in [0.29, 0.717) is 25.3 Å². The number of aromatic nitrogens is 2. The van der Waals surface area contributed by atoms with Crippen LogP contribution in [0.25, 0.3) is 0 Å². The fourth-order valence-corrected chi connectivity index (χ4v) is 1.24.